The van der Waals surface area contributed by atoms with Crippen LogP contribution in [0.2, 0.25) is 0 Å². The van der Waals surface area contributed by atoms with Crippen LogP contribution < -0.4 is 0 Å². The lowest BCUT2D eigenvalue weighted by Gasteiger charge is -2.12. The molecule has 4 heteroatoms. The van der Waals surface area contributed by atoms with E-state index in [1.807, 2.05) is 18.2 Å². The lowest BCUT2D eigenvalue weighted by molar-refractivity contribution is 0.459. The molecule has 0 amide bonds. The third-order valence-electron chi connectivity index (χ3n) is 2.65. The van der Waals surface area contributed by atoms with Crippen molar-refractivity contribution in [2.24, 2.45) is 0 Å². The zero-order valence-corrected chi connectivity index (χ0v) is 10.2. The van der Waals surface area contributed by atoms with Crippen LogP contribution in [0.4, 0.5) is 0 Å². The van der Waals surface area contributed by atoms with Crippen LogP contribution in [-0.4, -0.2) is 18.7 Å². The molecule has 0 spiro atoms. The fraction of sp³-hybridized carbons (Fsp3) is 0.500. The predicted molar refractivity (Wildman–Crippen MR) is 63.3 cm³/mol. The Morgan fingerprint density at radius 2 is 1.81 bits per heavy atom. The Kier molecular flexibility index (Phi) is 4.96. The van der Waals surface area contributed by atoms with Crippen LogP contribution in [0.3, 0.4) is 0 Å². The molecule has 0 bridgehead atoms. The predicted octanol–water partition coefficient (Wildman–Crippen LogP) is 2.51. The monoisotopic (exact) mass is 241 g/mol. The molecule has 0 fully saturated rings. The van der Waals surface area contributed by atoms with E-state index >= 15 is 0 Å². The minimum absolute atomic E-state index is 0.242. The Balaban J connectivity index is 2.29. The first-order valence-electron chi connectivity index (χ1n) is 5.47. The third-order valence-corrected chi connectivity index (χ3v) is 3.44. The molecule has 0 aliphatic rings. The van der Waals surface area contributed by atoms with Crippen molar-refractivity contribution in [1.82, 2.24) is 0 Å². The first-order valence-corrected chi connectivity index (χ1v) is 7.05. The first-order chi connectivity index (χ1) is 7.49. The molecular formula is C12H17O3S-. The molecule has 3 nitrogen and oxygen atoms in total. The normalized spacial score (nSPS) is 13.6. The molecule has 0 heterocycles. The molecule has 1 aromatic rings. The average molecular weight is 241 g/mol. The lowest BCUT2D eigenvalue weighted by Crippen LogP contribution is -2.04. The lowest BCUT2D eigenvalue weighted by atomic mass is 9.96. The number of rotatable bonds is 6. The molecule has 0 aromatic heterocycles. The molecule has 0 radical (unpaired) electrons. The summed E-state index contributed by atoms with van der Waals surface area (Å²) in [5.74, 6) is 0.171. The second-order valence-electron chi connectivity index (χ2n) is 4.07. The molecule has 0 saturated carbocycles. The van der Waals surface area contributed by atoms with Crippen LogP contribution >= 0.6 is 0 Å². The van der Waals surface area contributed by atoms with Crippen LogP contribution in [0, 0.1) is 0 Å². The van der Waals surface area contributed by atoms with Crippen molar-refractivity contribution in [3.63, 3.8) is 0 Å². The van der Waals surface area contributed by atoms with Gasteiger partial charge in [-0.05, 0) is 24.3 Å². The second kappa shape index (κ2) is 6.01. The first kappa shape index (κ1) is 13.2. The van der Waals surface area contributed by atoms with Gasteiger partial charge in [-0.3, -0.25) is 0 Å². The van der Waals surface area contributed by atoms with Crippen molar-refractivity contribution in [3.8, 4) is 0 Å². The van der Waals surface area contributed by atoms with E-state index in [0.717, 1.165) is 12.8 Å². The highest BCUT2D eigenvalue weighted by Crippen LogP contribution is 2.20. The number of unbranched alkanes of at least 4 members (excludes halogenated alkanes) is 1. The van der Waals surface area contributed by atoms with E-state index < -0.39 is 10.1 Å². The molecule has 1 rings (SSSR count). The fourth-order valence-corrected chi connectivity index (χ4v) is 2.24. The maximum atomic E-state index is 10.4. The van der Waals surface area contributed by atoms with Gasteiger partial charge in [0.2, 0.25) is 0 Å². The van der Waals surface area contributed by atoms with E-state index in [0.29, 0.717) is 12.3 Å². The highest BCUT2D eigenvalue weighted by Gasteiger charge is 2.04. The summed E-state index contributed by atoms with van der Waals surface area (Å²) in [4.78, 5) is 0. The summed E-state index contributed by atoms with van der Waals surface area (Å²) in [5.41, 5.74) is 1.26. The van der Waals surface area contributed by atoms with Gasteiger partial charge in [-0.1, -0.05) is 43.7 Å². The SMILES string of the molecule is CC(CCCCS(=O)(=O)[O-])c1ccccc1. The van der Waals surface area contributed by atoms with Crippen molar-refractivity contribution in [2.75, 3.05) is 5.75 Å². The van der Waals surface area contributed by atoms with Crippen molar-refractivity contribution < 1.29 is 13.0 Å². The van der Waals surface area contributed by atoms with Gasteiger partial charge in [0.25, 0.3) is 0 Å². The van der Waals surface area contributed by atoms with Gasteiger partial charge in [-0.25, -0.2) is 8.42 Å². The van der Waals surface area contributed by atoms with Gasteiger partial charge in [-0.15, -0.1) is 0 Å². The van der Waals surface area contributed by atoms with Crippen molar-refractivity contribution in [3.05, 3.63) is 35.9 Å². The maximum Gasteiger partial charge on any atom is 0.0945 e. The van der Waals surface area contributed by atoms with E-state index in [1.165, 1.54) is 5.56 Å². The van der Waals surface area contributed by atoms with Gasteiger partial charge in [0.15, 0.2) is 0 Å². The van der Waals surface area contributed by atoms with Crippen LogP contribution in [0.25, 0.3) is 0 Å². The standard InChI is InChI=1S/C12H18O3S/c1-11(12-8-3-2-4-9-12)7-5-6-10-16(13,14)15/h2-4,8-9,11H,5-7,10H2,1H3,(H,13,14,15)/p-1. The molecule has 1 unspecified atom stereocenters. The number of hydrogen-bond donors (Lipinski definition) is 0. The Hall–Kier alpha value is -0.870. The summed E-state index contributed by atoms with van der Waals surface area (Å²) in [6.45, 7) is 2.11. The zero-order chi connectivity index (χ0) is 12.0. The van der Waals surface area contributed by atoms with Crippen LogP contribution in [0.15, 0.2) is 30.3 Å². The largest absolute Gasteiger partial charge is 0.748 e. The molecule has 0 N–H and O–H groups in total. The van der Waals surface area contributed by atoms with E-state index in [4.69, 9.17) is 0 Å². The van der Waals surface area contributed by atoms with Gasteiger partial charge in [0.1, 0.15) is 0 Å². The fourth-order valence-electron chi connectivity index (χ4n) is 1.68. The highest BCUT2D eigenvalue weighted by molar-refractivity contribution is 7.85. The van der Waals surface area contributed by atoms with Crippen LogP contribution in [-0.2, 0) is 10.1 Å². The smallest absolute Gasteiger partial charge is 0.0945 e. The molecule has 0 aliphatic carbocycles. The summed E-state index contributed by atoms with van der Waals surface area (Å²) in [5, 5.41) is 0. The van der Waals surface area contributed by atoms with Gasteiger partial charge in [0.05, 0.1) is 10.1 Å². The summed E-state index contributed by atoms with van der Waals surface area (Å²) in [7, 11) is -4.04. The van der Waals surface area contributed by atoms with E-state index in [1.54, 1.807) is 0 Å². The molecule has 1 aromatic carbocycles. The molecule has 1 atom stereocenters. The third kappa shape index (κ3) is 5.28. The topological polar surface area (TPSA) is 57.2 Å². The number of hydrogen-bond acceptors (Lipinski definition) is 3. The van der Waals surface area contributed by atoms with Crippen LogP contribution in [0.1, 0.15) is 37.7 Å². The zero-order valence-electron chi connectivity index (χ0n) is 9.43. The minimum Gasteiger partial charge on any atom is -0.748 e. The quantitative estimate of drug-likeness (QED) is 0.568. The Bertz CT molecular complexity index is 398. The summed E-state index contributed by atoms with van der Waals surface area (Å²) in [6, 6.07) is 10.1. The molecule has 0 saturated heterocycles. The molecular weight excluding hydrogens is 224 g/mol. The minimum atomic E-state index is -4.04. The molecule has 0 aliphatic heterocycles. The van der Waals surface area contributed by atoms with Gasteiger partial charge >= 0.3 is 0 Å². The Morgan fingerprint density at radius 1 is 1.19 bits per heavy atom. The summed E-state index contributed by atoms with van der Waals surface area (Å²) in [6.07, 6.45) is 2.15. The Labute approximate surface area is 97.2 Å². The Morgan fingerprint density at radius 3 is 2.38 bits per heavy atom. The van der Waals surface area contributed by atoms with Crippen LogP contribution in [0.5, 0.6) is 0 Å². The van der Waals surface area contributed by atoms with Crippen molar-refractivity contribution in [2.45, 2.75) is 32.1 Å². The van der Waals surface area contributed by atoms with Crippen molar-refractivity contribution in [1.29, 1.82) is 0 Å². The van der Waals surface area contributed by atoms with Gasteiger partial charge in [-0.2, -0.15) is 0 Å². The van der Waals surface area contributed by atoms with E-state index in [9.17, 15) is 13.0 Å². The number of benzene rings is 1. The highest BCUT2D eigenvalue weighted by atomic mass is 32.2. The second-order valence-corrected chi connectivity index (χ2v) is 5.59. The van der Waals surface area contributed by atoms with E-state index in [2.05, 4.69) is 19.1 Å². The molecule has 16 heavy (non-hydrogen) atoms. The maximum absolute atomic E-state index is 10.4. The summed E-state index contributed by atoms with van der Waals surface area (Å²) >= 11 is 0. The molecule has 90 valence electrons. The summed E-state index contributed by atoms with van der Waals surface area (Å²) < 4.78 is 31.2. The van der Waals surface area contributed by atoms with E-state index in [-0.39, 0.29) is 5.75 Å². The van der Waals surface area contributed by atoms with Gasteiger partial charge < -0.3 is 4.55 Å². The van der Waals surface area contributed by atoms with Crippen molar-refractivity contribution >= 4 is 10.1 Å². The van der Waals surface area contributed by atoms with Gasteiger partial charge in [0, 0.05) is 5.75 Å². The average Bonchev–Trinajstić information content (AvgIpc) is 2.24.